The molecule has 42 heavy (non-hydrogen) atoms. The van der Waals surface area contributed by atoms with E-state index in [4.69, 9.17) is 0 Å². The van der Waals surface area contributed by atoms with Gasteiger partial charge in [0.05, 0.1) is 0 Å². The first-order valence-corrected chi connectivity index (χ1v) is 14.8. The van der Waals surface area contributed by atoms with Crippen LogP contribution in [-0.2, 0) is 12.8 Å². The second kappa shape index (κ2) is 12.6. The number of hydrogen-bond donors (Lipinski definition) is 0. The Morgan fingerprint density at radius 2 is 0.643 bits per heavy atom. The van der Waals surface area contributed by atoms with Gasteiger partial charge in [-0.3, -0.25) is 0 Å². The second-order valence-corrected chi connectivity index (χ2v) is 10.4. The van der Waals surface area contributed by atoms with Gasteiger partial charge < -0.3 is 9.80 Å². The van der Waals surface area contributed by atoms with Crippen molar-refractivity contribution in [2.24, 2.45) is 0 Å². The van der Waals surface area contributed by atoms with E-state index in [1.807, 2.05) is 0 Å². The van der Waals surface area contributed by atoms with Gasteiger partial charge in [-0.2, -0.15) is 0 Å². The van der Waals surface area contributed by atoms with Crippen LogP contribution >= 0.6 is 0 Å². The monoisotopic (exact) mass is 544 g/mol. The van der Waals surface area contributed by atoms with E-state index in [1.165, 1.54) is 33.6 Å². The summed E-state index contributed by atoms with van der Waals surface area (Å²) in [6.45, 7) is 4.49. The Morgan fingerprint density at radius 1 is 0.357 bits per heavy atom. The fourth-order valence-corrected chi connectivity index (χ4v) is 5.70. The topological polar surface area (TPSA) is 6.48 Å². The average Bonchev–Trinajstić information content (AvgIpc) is 3.07. The van der Waals surface area contributed by atoms with E-state index >= 15 is 0 Å². The van der Waals surface area contributed by atoms with Crippen LogP contribution in [0.4, 0.5) is 34.1 Å². The van der Waals surface area contributed by atoms with Crippen molar-refractivity contribution in [1.29, 1.82) is 0 Å². The zero-order chi connectivity index (χ0) is 28.7. The van der Waals surface area contributed by atoms with Crippen LogP contribution in [0.5, 0.6) is 0 Å². The molecule has 6 rings (SSSR count). The van der Waals surface area contributed by atoms with Crippen LogP contribution in [0.1, 0.15) is 25.0 Å². The van der Waals surface area contributed by atoms with Crippen LogP contribution in [0.25, 0.3) is 11.1 Å². The van der Waals surface area contributed by atoms with Gasteiger partial charge >= 0.3 is 0 Å². The van der Waals surface area contributed by atoms with Gasteiger partial charge in [0.1, 0.15) is 0 Å². The van der Waals surface area contributed by atoms with Crippen molar-refractivity contribution >= 4 is 34.1 Å². The number of aryl methyl sites for hydroxylation is 2. The summed E-state index contributed by atoms with van der Waals surface area (Å²) in [5.74, 6) is 0. The Labute approximate surface area is 250 Å². The highest BCUT2D eigenvalue weighted by molar-refractivity contribution is 5.83. The smallest absolute Gasteiger partial charge is 0.0493 e. The van der Waals surface area contributed by atoms with E-state index in [-0.39, 0.29) is 0 Å². The van der Waals surface area contributed by atoms with Crippen molar-refractivity contribution in [1.82, 2.24) is 0 Å². The zero-order valence-corrected chi connectivity index (χ0v) is 24.3. The molecular formula is C40H36N2. The quantitative estimate of drug-likeness (QED) is 0.179. The molecule has 2 heteroatoms. The zero-order valence-electron chi connectivity index (χ0n) is 24.3. The minimum atomic E-state index is 0.938. The first-order valence-electron chi connectivity index (χ1n) is 14.8. The molecule has 6 aromatic rings. The second-order valence-electron chi connectivity index (χ2n) is 10.4. The molecule has 0 amide bonds. The molecule has 6 aromatic carbocycles. The minimum absolute atomic E-state index is 0.938. The van der Waals surface area contributed by atoms with Crippen LogP contribution in [0.2, 0.25) is 0 Å². The lowest BCUT2D eigenvalue weighted by Crippen LogP contribution is -2.12. The summed E-state index contributed by atoms with van der Waals surface area (Å²) in [6, 6.07) is 56.4. The maximum atomic E-state index is 2.37. The molecule has 0 aliphatic rings. The lowest BCUT2D eigenvalue weighted by atomic mass is 9.96. The van der Waals surface area contributed by atoms with Gasteiger partial charge in [-0.1, -0.05) is 98.8 Å². The molecule has 0 fully saturated rings. The van der Waals surface area contributed by atoms with Crippen LogP contribution in [0.15, 0.2) is 158 Å². The van der Waals surface area contributed by atoms with Gasteiger partial charge in [-0.05, 0) is 108 Å². The summed E-state index contributed by atoms with van der Waals surface area (Å²) in [5.41, 5.74) is 12.2. The first kappa shape index (κ1) is 27.1. The predicted octanol–water partition coefficient (Wildman–Crippen LogP) is 11.4. The number of anilines is 6. The Bertz CT molecular complexity index is 1520. The molecule has 206 valence electrons. The molecule has 0 N–H and O–H groups in total. The van der Waals surface area contributed by atoms with E-state index in [1.54, 1.807) is 0 Å². The molecule has 0 aromatic heterocycles. The van der Waals surface area contributed by atoms with Crippen molar-refractivity contribution in [2.75, 3.05) is 9.80 Å². The SMILES string of the molecule is CCc1cc(-c2ccc(N(c3ccccc3)c3ccccc3)c(CC)c2)ccc1N(c1ccccc1)c1ccccc1. The lowest BCUT2D eigenvalue weighted by Gasteiger charge is -2.29. The van der Waals surface area contributed by atoms with Crippen LogP contribution in [-0.4, -0.2) is 0 Å². The van der Waals surface area contributed by atoms with Crippen molar-refractivity contribution in [2.45, 2.75) is 26.7 Å². The van der Waals surface area contributed by atoms with Crippen LogP contribution in [0.3, 0.4) is 0 Å². The van der Waals surface area contributed by atoms with Crippen molar-refractivity contribution in [3.8, 4) is 11.1 Å². The summed E-state index contributed by atoms with van der Waals surface area (Å²) < 4.78 is 0. The third kappa shape index (κ3) is 5.57. The summed E-state index contributed by atoms with van der Waals surface area (Å²) in [7, 11) is 0. The maximum absolute atomic E-state index is 2.37. The Hall–Kier alpha value is -5.08. The molecule has 0 saturated carbocycles. The normalized spacial score (nSPS) is 10.8. The van der Waals surface area contributed by atoms with Crippen molar-refractivity contribution in [3.05, 3.63) is 169 Å². The van der Waals surface area contributed by atoms with Crippen LogP contribution in [0, 0.1) is 0 Å². The van der Waals surface area contributed by atoms with Crippen LogP contribution < -0.4 is 9.80 Å². The number of benzene rings is 6. The van der Waals surface area contributed by atoms with Gasteiger partial charge in [-0.25, -0.2) is 0 Å². The van der Waals surface area contributed by atoms with E-state index in [0.717, 1.165) is 35.6 Å². The fourth-order valence-electron chi connectivity index (χ4n) is 5.70. The predicted molar refractivity (Wildman–Crippen MR) is 180 cm³/mol. The Kier molecular flexibility index (Phi) is 8.14. The maximum Gasteiger partial charge on any atom is 0.0493 e. The molecular weight excluding hydrogens is 508 g/mol. The van der Waals surface area contributed by atoms with Gasteiger partial charge in [0, 0.05) is 34.1 Å². The van der Waals surface area contributed by atoms with Gasteiger partial charge in [-0.15, -0.1) is 0 Å². The third-order valence-corrected chi connectivity index (χ3v) is 7.79. The lowest BCUT2D eigenvalue weighted by molar-refractivity contribution is 1.11. The summed E-state index contributed by atoms with van der Waals surface area (Å²) in [4.78, 5) is 4.72. The molecule has 0 aliphatic heterocycles. The summed E-state index contributed by atoms with van der Waals surface area (Å²) >= 11 is 0. The number of hydrogen-bond acceptors (Lipinski definition) is 2. The Morgan fingerprint density at radius 3 is 0.905 bits per heavy atom. The summed E-state index contributed by atoms with van der Waals surface area (Å²) in [6.07, 6.45) is 1.88. The van der Waals surface area contributed by atoms with Gasteiger partial charge in [0.2, 0.25) is 0 Å². The molecule has 0 heterocycles. The van der Waals surface area contributed by atoms with E-state index in [9.17, 15) is 0 Å². The largest absolute Gasteiger partial charge is 0.310 e. The fraction of sp³-hybridized carbons (Fsp3) is 0.100. The molecule has 2 nitrogen and oxygen atoms in total. The Balaban J connectivity index is 1.42. The number of nitrogens with zero attached hydrogens (tertiary/aromatic N) is 2. The molecule has 0 unspecified atom stereocenters. The van der Waals surface area contributed by atoms with Gasteiger partial charge in [0.15, 0.2) is 0 Å². The standard InChI is InChI=1S/C40H36N2/c1-3-31-29-33(25-27-39(31)41(35-17-9-5-10-18-35)36-19-11-6-12-20-36)34-26-28-40(32(4-2)30-34)42(37-21-13-7-14-22-37)38-23-15-8-16-24-38/h5-30H,3-4H2,1-2H3. The highest BCUT2D eigenvalue weighted by Gasteiger charge is 2.18. The number of rotatable bonds is 9. The highest BCUT2D eigenvalue weighted by atomic mass is 15.1. The van der Waals surface area contributed by atoms with E-state index < -0.39 is 0 Å². The van der Waals surface area contributed by atoms with E-state index in [2.05, 4.69) is 181 Å². The van der Waals surface area contributed by atoms with Gasteiger partial charge in [0.25, 0.3) is 0 Å². The van der Waals surface area contributed by atoms with Crippen molar-refractivity contribution in [3.63, 3.8) is 0 Å². The third-order valence-electron chi connectivity index (χ3n) is 7.79. The molecule has 0 saturated heterocycles. The van der Waals surface area contributed by atoms with Crippen molar-refractivity contribution < 1.29 is 0 Å². The molecule has 0 spiro atoms. The average molecular weight is 545 g/mol. The van der Waals surface area contributed by atoms with E-state index in [0.29, 0.717) is 0 Å². The minimum Gasteiger partial charge on any atom is -0.310 e. The molecule has 0 bridgehead atoms. The first-order chi connectivity index (χ1) is 20.8. The molecule has 0 radical (unpaired) electrons. The highest BCUT2D eigenvalue weighted by Crippen LogP contribution is 2.41. The number of para-hydroxylation sites is 4. The molecule has 0 aliphatic carbocycles. The summed E-state index contributed by atoms with van der Waals surface area (Å²) in [5, 5.41) is 0. The molecule has 0 atom stereocenters.